The summed E-state index contributed by atoms with van der Waals surface area (Å²) in [4.78, 5) is 0. The highest BCUT2D eigenvalue weighted by Gasteiger charge is 2.10. The number of unbranched alkanes of at least 4 members (excludes halogenated alkanes) is 6. The fourth-order valence-corrected chi connectivity index (χ4v) is 2.49. The van der Waals surface area contributed by atoms with Crippen molar-refractivity contribution in [3.05, 3.63) is 23.8 Å². The third-order valence-electron chi connectivity index (χ3n) is 4.01. The van der Waals surface area contributed by atoms with E-state index in [1.807, 2.05) is 18.2 Å². The summed E-state index contributed by atoms with van der Waals surface area (Å²) in [6, 6.07) is 5.73. The second-order valence-corrected chi connectivity index (χ2v) is 6.16. The summed E-state index contributed by atoms with van der Waals surface area (Å²) in [5, 5.41) is 12.4. The van der Waals surface area contributed by atoms with Gasteiger partial charge in [0.2, 0.25) is 0 Å². The lowest BCUT2D eigenvalue weighted by Gasteiger charge is -2.13. The van der Waals surface area contributed by atoms with Gasteiger partial charge in [-0.3, -0.25) is 0 Å². The van der Waals surface area contributed by atoms with Crippen LogP contribution in [0.2, 0.25) is 0 Å². The molecule has 0 saturated carbocycles. The quantitative estimate of drug-likeness (QED) is 0.214. The predicted octanol–water partition coefficient (Wildman–Crippen LogP) is 5.80. The molecule has 0 aliphatic carbocycles. The zero-order valence-corrected chi connectivity index (χ0v) is 15.5. The van der Waals surface area contributed by atoms with Gasteiger partial charge in [0.25, 0.3) is 0 Å². The second kappa shape index (κ2) is 12.7. The van der Waals surface area contributed by atoms with E-state index in [1.54, 1.807) is 6.92 Å². The Morgan fingerprint density at radius 2 is 1.54 bits per heavy atom. The van der Waals surface area contributed by atoms with Crippen LogP contribution in [0.3, 0.4) is 0 Å². The highest BCUT2D eigenvalue weighted by molar-refractivity contribution is 6.01. The number of nitrogens with zero attached hydrogens (tertiary/aromatic N) is 1. The highest BCUT2D eigenvalue weighted by atomic mass is 16.5. The van der Waals surface area contributed by atoms with Gasteiger partial charge >= 0.3 is 0 Å². The number of oxime groups is 1. The number of benzene rings is 1. The van der Waals surface area contributed by atoms with E-state index >= 15 is 0 Å². The largest absolute Gasteiger partial charge is 0.494 e. The number of hydrogen-bond donors (Lipinski definition) is 1. The molecule has 1 N–H and O–H groups in total. The summed E-state index contributed by atoms with van der Waals surface area (Å²) < 4.78 is 11.7. The Labute approximate surface area is 146 Å². The predicted molar refractivity (Wildman–Crippen MR) is 99.7 cm³/mol. The Morgan fingerprint density at radius 1 is 0.917 bits per heavy atom. The topological polar surface area (TPSA) is 51.0 Å². The van der Waals surface area contributed by atoms with Crippen LogP contribution >= 0.6 is 0 Å². The Balaban J connectivity index is 2.61. The lowest BCUT2D eigenvalue weighted by atomic mass is 10.1. The molecule has 0 atom stereocenters. The van der Waals surface area contributed by atoms with Crippen LogP contribution in [-0.4, -0.2) is 24.1 Å². The second-order valence-electron chi connectivity index (χ2n) is 6.16. The average Bonchev–Trinajstić information content (AvgIpc) is 2.61. The molecule has 0 saturated heterocycles. The maximum absolute atomic E-state index is 9.11. The van der Waals surface area contributed by atoms with Crippen molar-refractivity contribution in [3.63, 3.8) is 0 Å². The number of hydrogen-bond acceptors (Lipinski definition) is 4. The monoisotopic (exact) mass is 335 g/mol. The normalized spacial score (nSPS) is 11.5. The minimum atomic E-state index is 0.537. The first-order valence-electron chi connectivity index (χ1n) is 9.31. The standard InChI is InChI=1S/C20H33NO3/c1-4-6-8-10-14-23-18-12-13-20(19(16-18)17(3)21-22)24-15-11-9-7-5-2/h12-13,16,22H,4-11,14-15H2,1-3H3/b21-17-. The zero-order valence-electron chi connectivity index (χ0n) is 15.5. The molecule has 0 heterocycles. The van der Waals surface area contributed by atoms with Gasteiger partial charge in [-0.1, -0.05) is 57.5 Å². The van der Waals surface area contributed by atoms with Crippen molar-refractivity contribution in [2.75, 3.05) is 13.2 Å². The molecule has 0 fully saturated rings. The van der Waals surface area contributed by atoms with Crippen molar-refractivity contribution in [2.24, 2.45) is 5.16 Å². The Morgan fingerprint density at radius 3 is 2.12 bits per heavy atom. The maximum Gasteiger partial charge on any atom is 0.128 e. The third-order valence-corrected chi connectivity index (χ3v) is 4.01. The van der Waals surface area contributed by atoms with Crippen LogP contribution in [0.15, 0.2) is 23.4 Å². The van der Waals surface area contributed by atoms with E-state index in [1.165, 1.54) is 38.5 Å². The van der Waals surface area contributed by atoms with E-state index in [4.69, 9.17) is 14.7 Å². The molecule has 0 radical (unpaired) electrons. The molecule has 136 valence electrons. The third kappa shape index (κ3) is 7.71. The lowest BCUT2D eigenvalue weighted by molar-refractivity contribution is 0.295. The van der Waals surface area contributed by atoms with E-state index < -0.39 is 0 Å². The maximum atomic E-state index is 9.11. The minimum absolute atomic E-state index is 0.537. The number of rotatable bonds is 13. The van der Waals surface area contributed by atoms with Gasteiger partial charge in [0.05, 0.1) is 18.9 Å². The van der Waals surface area contributed by atoms with Crippen molar-refractivity contribution in [1.29, 1.82) is 0 Å². The molecule has 1 aromatic carbocycles. The molecule has 0 aliphatic rings. The molecule has 0 amide bonds. The summed E-state index contributed by atoms with van der Waals surface area (Å²) in [7, 11) is 0. The molecule has 1 aromatic rings. The van der Waals surface area contributed by atoms with Crippen molar-refractivity contribution in [3.8, 4) is 11.5 Å². The first kappa shape index (κ1) is 20.3. The molecule has 24 heavy (non-hydrogen) atoms. The highest BCUT2D eigenvalue weighted by Crippen LogP contribution is 2.26. The van der Waals surface area contributed by atoms with Crippen molar-refractivity contribution in [2.45, 2.75) is 72.1 Å². The van der Waals surface area contributed by atoms with Gasteiger partial charge in [-0.15, -0.1) is 0 Å². The zero-order chi connectivity index (χ0) is 17.6. The van der Waals surface area contributed by atoms with Crippen LogP contribution in [-0.2, 0) is 0 Å². The van der Waals surface area contributed by atoms with Crippen LogP contribution in [0.5, 0.6) is 11.5 Å². The number of ether oxygens (including phenoxy) is 2. The molecular weight excluding hydrogens is 302 g/mol. The molecule has 4 nitrogen and oxygen atoms in total. The van der Waals surface area contributed by atoms with E-state index in [0.29, 0.717) is 18.9 Å². The molecular formula is C20H33NO3. The molecule has 0 aliphatic heterocycles. The van der Waals surface area contributed by atoms with Crippen LogP contribution in [0.1, 0.15) is 77.7 Å². The smallest absolute Gasteiger partial charge is 0.128 e. The van der Waals surface area contributed by atoms with Crippen LogP contribution in [0.4, 0.5) is 0 Å². The van der Waals surface area contributed by atoms with Crippen LogP contribution in [0, 0.1) is 0 Å². The SMILES string of the molecule is CCCCCCOc1ccc(OCCCCCC)c(/C(C)=N\O)c1. The van der Waals surface area contributed by atoms with Gasteiger partial charge in [-0.2, -0.15) is 0 Å². The van der Waals surface area contributed by atoms with Crippen molar-refractivity contribution < 1.29 is 14.7 Å². The van der Waals surface area contributed by atoms with Crippen LogP contribution < -0.4 is 9.47 Å². The molecule has 1 rings (SSSR count). The van der Waals surface area contributed by atoms with Gasteiger partial charge in [0.1, 0.15) is 11.5 Å². The first-order valence-corrected chi connectivity index (χ1v) is 9.31. The summed E-state index contributed by atoms with van der Waals surface area (Å²) >= 11 is 0. The lowest BCUT2D eigenvalue weighted by Crippen LogP contribution is -2.05. The van der Waals surface area contributed by atoms with E-state index in [0.717, 1.165) is 29.9 Å². The molecule has 0 unspecified atom stereocenters. The van der Waals surface area contributed by atoms with E-state index in [9.17, 15) is 0 Å². The molecule has 0 spiro atoms. The van der Waals surface area contributed by atoms with Gasteiger partial charge in [0.15, 0.2) is 0 Å². The Bertz CT molecular complexity index is 486. The summed E-state index contributed by atoms with van der Waals surface area (Å²) in [6.45, 7) is 7.56. The molecule has 4 heteroatoms. The van der Waals surface area contributed by atoms with Gasteiger partial charge in [0, 0.05) is 5.56 Å². The van der Waals surface area contributed by atoms with Gasteiger partial charge in [-0.05, 0) is 38.0 Å². The van der Waals surface area contributed by atoms with Gasteiger partial charge < -0.3 is 14.7 Å². The van der Waals surface area contributed by atoms with Crippen LogP contribution in [0.25, 0.3) is 0 Å². The fraction of sp³-hybridized carbons (Fsp3) is 0.650. The minimum Gasteiger partial charge on any atom is -0.494 e. The van der Waals surface area contributed by atoms with Gasteiger partial charge in [-0.25, -0.2) is 0 Å². The molecule has 0 aromatic heterocycles. The first-order chi connectivity index (χ1) is 11.7. The Kier molecular flexibility index (Phi) is 10.7. The molecule has 0 bridgehead atoms. The Hall–Kier alpha value is -1.71. The average molecular weight is 335 g/mol. The van der Waals surface area contributed by atoms with E-state index in [2.05, 4.69) is 19.0 Å². The summed E-state index contributed by atoms with van der Waals surface area (Å²) in [6.07, 6.45) is 9.39. The van der Waals surface area contributed by atoms with Crippen molar-refractivity contribution in [1.82, 2.24) is 0 Å². The van der Waals surface area contributed by atoms with E-state index in [-0.39, 0.29) is 0 Å². The fourth-order valence-electron chi connectivity index (χ4n) is 2.49. The van der Waals surface area contributed by atoms with Crippen molar-refractivity contribution >= 4 is 5.71 Å². The summed E-state index contributed by atoms with van der Waals surface area (Å²) in [5.74, 6) is 1.54. The summed E-state index contributed by atoms with van der Waals surface area (Å²) in [5.41, 5.74) is 1.33.